The summed E-state index contributed by atoms with van der Waals surface area (Å²) >= 11 is 6.57. The summed E-state index contributed by atoms with van der Waals surface area (Å²) in [6, 6.07) is 22.4. The Bertz CT molecular complexity index is 1610. The van der Waals surface area contributed by atoms with Crippen molar-refractivity contribution in [2.45, 2.75) is 6.42 Å². The van der Waals surface area contributed by atoms with Gasteiger partial charge < -0.3 is 15.4 Å². The van der Waals surface area contributed by atoms with Crippen molar-refractivity contribution in [1.29, 1.82) is 0 Å². The molecule has 0 unspecified atom stereocenters. The molecule has 0 atom stereocenters. The zero-order chi connectivity index (χ0) is 25.8. The van der Waals surface area contributed by atoms with Gasteiger partial charge in [0.1, 0.15) is 10.6 Å². The SMILES string of the molecule is O=C(Cc1ccccc1)NC(=S)Nc1ccc(Oc2ccnc3cc(-c4cccc[n+]4O)sc23)c(F)c1. The number of halogens is 1. The third-order valence-electron chi connectivity index (χ3n) is 5.34. The van der Waals surface area contributed by atoms with E-state index in [1.165, 1.54) is 29.7 Å². The molecule has 0 radical (unpaired) electrons. The number of amides is 1. The molecule has 7 nitrogen and oxygen atoms in total. The molecule has 2 aromatic carbocycles. The summed E-state index contributed by atoms with van der Waals surface area (Å²) in [7, 11) is 0. The van der Waals surface area contributed by atoms with E-state index in [1.54, 1.807) is 30.5 Å². The summed E-state index contributed by atoms with van der Waals surface area (Å²) in [6.45, 7) is 0. The molecular formula is C27H20FN4O3S2+. The van der Waals surface area contributed by atoms with Crippen molar-refractivity contribution in [2.24, 2.45) is 0 Å². The summed E-state index contributed by atoms with van der Waals surface area (Å²) in [5.74, 6) is -0.432. The first-order valence-corrected chi connectivity index (χ1v) is 12.4. The lowest BCUT2D eigenvalue weighted by atomic mass is 10.1. The Kier molecular flexibility index (Phi) is 7.02. The molecule has 3 aromatic heterocycles. The van der Waals surface area contributed by atoms with Crippen LogP contribution in [-0.4, -0.2) is 21.2 Å². The Hall–Kier alpha value is -4.41. The van der Waals surface area contributed by atoms with Crippen LogP contribution in [0.5, 0.6) is 11.5 Å². The van der Waals surface area contributed by atoms with E-state index in [0.29, 0.717) is 27.3 Å². The second kappa shape index (κ2) is 10.7. The number of nitrogens with zero attached hydrogens (tertiary/aromatic N) is 2. The van der Waals surface area contributed by atoms with Crippen LogP contribution in [0.3, 0.4) is 0 Å². The molecule has 184 valence electrons. The van der Waals surface area contributed by atoms with Gasteiger partial charge in [0.15, 0.2) is 16.7 Å². The molecule has 0 saturated heterocycles. The summed E-state index contributed by atoms with van der Waals surface area (Å²) in [5, 5.41) is 15.6. The number of fused-ring (bicyclic) bond motifs is 1. The number of ether oxygens (including phenoxy) is 1. The first-order chi connectivity index (χ1) is 18.0. The maximum Gasteiger partial charge on any atom is 0.274 e. The van der Waals surface area contributed by atoms with Gasteiger partial charge in [0, 0.05) is 40.9 Å². The predicted molar refractivity (Wildman–Crippen MR) is 143 cm³/mol. The molecule has 0 bridgehead atoms. The fourth-order valence-electron chi connectivity index (χ4n) is 3.65. The lowest BCUT2D eigenvalue weighted by Crippen LogP contribution is -2.35. The number of anilines is 1. The molecule has 0 saturated carbocycles. The van der Waals surface area contributed by atoms with Gasteiger partial charge >= 0.3 is 0 Å². The lowest BCUT2D eigenvalue weighted by molar-refractivity contribution is -0.896. The predicted octanol–water partition coefficient (Wildman–Crippen LogP) is 5.48. The van der Waals surface area contributed by atoms with Gasteiger partial charge in [-0.1, -0.05) is 30.3 Å². The van der Waals surface area contributed by atoms with Crippen LogP contribution in [0, 0.1) is 5.82 Å². The van der Waals surface area contributed by atoms with Gasteiger partial charge in [0.25, 0.3) is 5.69 Å². The van der Waals surface area contributed by atoms with Crippen molar-refractivity contribution >= 4 is 50.5 Å². The van der Waals surface area contributed by atoms with Crippen LogP contribution in [0.25, 0.3) is 20.8 Å². The minimum Gasteiger partial charge on any atom is -0.453 e. The van der Waals surface area contributed by atoms with Crippen molar-refractivity contribution in [3.8, 4) is 22.1 Å². The van der Waals surface area contributed by atoms with Crippen molar-refractivity contribution < 1.29 is 23.9 Å². The molecule has 0 aliphatic heterocycles. The first kappa shape index (κ1) is 24.3. The maximum absolute atomic E-state index is 14.9. The van der Waals surface area contributed by atoms with Crippen LogP contribution >= 0.6 is 23.6 Å². The van der Waals surface area contributed by atoms with Gasteiger partial charge in [-0.3, -0.25) is 15.0 Å². The highest BCUT2D eigenvalue weighted by molar-refractivity contribution is 7.80. The number of rotatable bonds is 6. The molecule has 37 heavy (non-hydrogen) atoms. The van der Waals surface area contributed by atoms with Crippen LogP contribution in [0.2, 0.25) is 0 Å². The number of aromatic nitrogens is 2. The monoisotopic (exact) mass is 531 g/mol. The Morgan fingerprint density at radius 2 is 1.86 bits per heavy atom. The topological polar surface area (TPSA) is 87.4 Å². The molecule has 5 rings (SSSR count). The smallest absolute Gasteiger partial charge is 0.274 e. The standard InChI is InChI=1S/C27H19FN4O3S2/c28-19-15-18(30-27(36)31-25(33)14-17-6-2-1-3-7-17)9-10-22(19)35-23-11-12-29-20-16-24(37-26(20)23)21-8-4-5-13-32(21)34/h1-13,15-16H,14H2,(H2-,29,30,31,33,34,36)/p+1. The molecule has 0 spiro atoms. The van der Waals surface area contributed by atoms with Crippen LogP contribution in [0.15, 0.2) is 91.3 Å². The number of hydrogen-bond donors (Lipinski definition) is 3. The zero-order valence-electron chi connectivity index (χ0n) is 19.2. The van der Waals surface area contributed by atoms with Crippen molar-refractivity contribution in [3.05, 3.63) is 103 Å². The van der Waals surface area contributed by atoms with Gasteiger partial charge in [-0.05, 0) is 42.0 Å². The van der Waals surface area contributed by atoms with Gasteiger partial charge in [-0.25, -0.2) is 4.39 Å². The summed E-state index contributed by atoms with van der Waals surface area (Å²) in [5.41, 5.74) is 2.49. The average molecular weight is 532 g/mol. The van der Waals surface area contributed by atoms with E-state index in [0.717, 1.165) is 15.2 Å². The van der Waals surface area contributed by atoms with Crippen molar-refractivity contribution in [1.82, 2.24) is 10.3 Å². The van der Waals surface area contributed by atoms with E-state index in [4.69, 9.17) is 17.0 Å². The molecule has 0 aliphatic rings. The summed E-state index contributed by atoms with van der Waals surface area (Å²) in [4.78, 5) is 17.4. The van der Waals surface area contributed by atoms with Crippen molar-refractivity contribution in [3.63, 3.8) is 0 Å². The quantitative estimate of drug-likeness (QED) is 0.153. The van der Waals surface area contributed by atoms with E-state index >= 15 is 0 Å². The highest BCUT2D eigenvalue weighted by atomic mass is 32.1. The van der Waals surface area contributed by atoms with E-state index in [2.05, 4.69) is 15.6 Å². The number of carbonyl (C=O) groups excluding carboxylic acids is 1. The van der Waals surface area contributed by atoms with Crippen LogP contribution < -0.4 is 20.1 Å². The van der Waals surface area contributed by atoms with Gasteiger partial charge in [-0.15, -0.1) is 11.3 Å². The lowest BCUT2D eigenvalue weighted by Gasteiger charge is -2.12. The fourth-order valence-corrected chi connectivity index (χ4v) is 4.96. The average Bonchev–Trinajstić information content (AvgIpc) is 3.31. The number of thiophene rings is 1. The minimum atomic E-state index is -0.610. The number of hydrogen-bond acceptors (Lipinski definition) is 6. The first-order valence-electron chi connectivity index (χ1n) is 11.2. The van der Waals surface area contributed by atoms with Crippen molar-refractivity contribution in [2.75, 3.05) is 5.32 Å². The van der Waals surface area contributed by atoms with E-state index in [-0.39, 0.29) is 23.2 Å². The second-order valence-corrected chi connectivity index (χ2v) is 9.44. The molecular weight excluding hydrogens is 511 g/mol. The maximum atomic E-state index is 14.9. The van der Waals surface area contributed by atoms with E-state index in [1.807, 2.05) is 42.5 Å². The number of carbonyl (C=O) groups is 1. The van der Waals surface area contributed by atoms with Crippen LogP contribution in [-0.2, 0) is 11.2 Å². The fraction of sp³-hybridized carbons (Fsp3) is 0.0370. The van der Waals surface area contributed by atoms with Crippen LogP contribution in [0.4, 0.5) is 10.1 Å². The third kappa shape index (κ3) is 5.71. The molecule has 0 fully saturated rings. The van der Waals surface area contributed by atoms with Crippen LogP contribution in [0.1, 0.15) is 5.56 Å². The Balaban J connectivity index is 1.28. The molecule has 5 aromatic rings. The summed E-state index contributed by atoms with van der Waals surface area (Å²) in [6.07, 6.45) is 3.30. The number of benzene rings is 2. The molecule has 1 amide bonds. The number of nitrogens with one attached hydrogen (secondary N) is 2. The Morgan fingerprint density at radius 1 is 1.05 bits per heavy atom. The third-order valence-corrected chi connectivity index (χ3v) is 6.70. The van der Waals surface area contributed by atoms with E-state index in [9.17, 15) is 14.4 Å². The van der Waals surface area contributed by atoms with Gasteiger partial charge in [0.05, 0.1) is 16.6 Å². The molecule has 3 N–H and O–H groups in total. The molecule has 0 aliphatic carbocycles. The van der Waals surface area contributed by atoms with E-state index < -0.39 is 5.82 Å². The van der Waals surface area contributed by atoms with Gasteiger partial charge in [-0.2, -0.15) is 0 Å². The normalized spacial score (nSPS) is 10.7. The second-order valence-electron chi connectivity index (χ2n) is 7.98. The highest BCUT2D eigenvalue weighted by Crippen LogP contribution is 2.38. The Morgan fingerprint density at radius 3 is 2.65 bits per heavy atom. The molecule has 10 heteroatoms. The Labute approximate surface area is 220 Å². The highest BCUT2D eigenvalue weighted by Gasteiger charge is 2.18. The van der Waals surface area contributed by atoms with Gasteiger partial charge in [0.2, 0.25) is 12.1 Å². The summed E-state index contributed by atoms with van der Waals surface area (Å²) < 4.78 is 22.5. The zero-order valence-corrected chi connectivity index (χ0v) is 20.9. The largest absolute Gasteiger partial charge is 0.453 e. The number of thiocarbonyl (C=S) groups is 1. The minimum absolute atomic E-state index is 0.0176. The molecule has 3 heterocycles. The number of pyridine rings is 2.